The number of hydrogen-bond acceptors (Lipinski definition) is 4. The van der Waals surface area contributed by atoms with Crippen LogP contribution in [0.25, 0.3) is 6.08 Å². The summed E-state index contributed by atoms with van der Waals surface area (Å²) in [6.07, 6.45) is 6.59. The zero-order valence-electron chi connectivity index (χ0n) is 15.2. The van der Waals surface area contributed by atoms with Gasteiger partial charge < -0.3 is 4.74 Å². The van der Waals surface area contributed by atoms with Crippen LogP contribution in [-0.4, -0.2) is 48.7 Å². The molecule has 0 aliphatic carbocycles. The minimum Gasteiger partial charge on any atom is -0.376 e. The Hall–Kier alpha value is -1.40. The Kier molecular flexibility index (Phi) is 6.13. The standard InChI is InChI=1S/C21H23ClN2O2S/c22-16-6-4-15(5-7-16)12-18-17-8-11-26-14-19(17)27-21(18)23-20(25)13-24-9-2-1-3-10-24/h4-7,12H,1-3,8-11,13-14H2/b18-12-,23-21-. The second-order valence-electron chi connectivity index (χ2n) is 7.06. The number of piperidine rings is 1. The molecule has 4 nitrogen and oxygen atoms in total. The van der Waals surface area contributed by atoms with Gasteiger partial charge in [0.05, 0.1) is 19.8 Å². The molecule has 3 aliphatic heterocycles. The summed E-state index contributed by atoms with van der Waals surface area (Å²) in [5.74, 6) is -0.0535. The Morgan fingerprint density at radius 1 is 1.22 bits per heavy atom. The second kappa shape index (κ2) is 8.74. The first-order valence-electron chi connectivity index (χ1n) is 9.48. The smallest absolute Gasteiger partial charge is 0.260 e. The van der Waals surface area contributed by atoms with Gasteiger partial charge in [0.25, 0.3) is 5.91 Å². The molecular weight excluding hydrogens is 380 g/mol. The molecule has 3 heterocycles. The van der Waals surface area contributed by atoms with Crippen LogP contribution in [0.2, 0.25) is 5.02 Å². The number of benzene rings is 1. The van der Waals surface area contributed by atoms with Gasteiger partial charge in [0, 0.05) is 15.5 Å². The van der Waals surface area contributed by atoms with E-state index in [1.54, 1.807) is 11.8 Å². The molecule has 1 aromatic rings. The molecule has 0 atom stereocenters. The fourth-order valence-electron chi connectivity index (χ4n) is 3.66. The van der Waals surface area contributed by atoms with Gasteiger partial charge in [0.2, 0.25) is 0 Å². The quantitative estimate of drug-likeness (QED) is 0.743. The molecule has 0 spiro atoms. The first-order chi connectivity index (χ1) is 13.2. The van der Waals surface area contributed by atoms with Crippen LogP contribution in [0.1, 0.15) is 31.2 Å². The minimum atomic E-state index is -0.0535. The molecule has 0 unspecified atom stereocenters. The lowest BCUT2D eigenvalue weighted by molar-refractivity contribution is -0.119. The lowest BCUT2D eigenvalue weighted by Gasteiger charge is -2.24. The lowest BCUT2D eigenvalue weighted by atomic mass is 10.00. The second-order valence-corrected chi connectivity index (χ2v) is 8.58. The van der Waals surface area contributed by atoms with Crippen LogP contribution in [0.15, 0.2) is 45.3 Å². The number of rotatable bonds is 3. The predicted octanol–water partition coefficient (Wildman–Crippen LogP) is 4.56. The van der Waals surface area contributed by atoms with E-state index < -0.39 is 0 Å². The molecule has 1 saturated heterocycles. The summed E-state index contributed by atoms with van der Waals surface area (Å²) in [5.41, 5.74) is 3.39. The van der Waals surface area contributed by atoms with Crippen LogP contribution in [0.4, 0.5) is 0 Å². The number of hydrogen-bond donors (Lipinski definition) is 0. The van der Waals surface area contributed by atoms with Crippen molar-refractivity contribution < 1.29 is 9.53 Å². The predicted molar refractivity (Wildman–Crippen MR) is 112 cm³/mol. The number of aliphatic imine (C=N–C) groups is 1. The van der Waals surface area contributed by atoms with Crippen molar-refractivity contribution in [2.24, 2.45) is 4.99 Å². The zero-order valence-corrected chi connectivity index (χ0v) is 16.8. The normalized spacial score (nSPS) is 23.9. The molecule has 27 heavy (non-hydrogen) atoms. The molecule has 0 bridgehead atoms. The summed E-state index contributed by atoms with van der Waals surface area (Å²) >= 11 is 7.59. The van der Waals surface area contributed by atoms with E-state index in [-0.39, 0.29) is 5.91 Å². The van der Waals surface area contributed by atoms with Crippen molar-refractivity contribution in [2.45, 2.75) is 25.7 Å². The van der Waals surface area contributed by atoms with E-state index in [9.17, 15) is 4.79 Å². The highest BCUT2D eigenvalue weighted by molar-refractivity contribution is 8.18. The van der Waals surface area contributed by atoms with Gasteiger partial charge in [-0.2, -0.15) is 0 Å². The highest BCUT2D eigenvalue weighted by Crippen LogP contribution is 2.42. The van der Waals surface area contributed by atoms with Crippen molar-refractivity contribution in [3.63, 3.8) is 0 Å². The number of carbonyl (C=O) groups excluding carboxylic acids is 1. The highest BCUT2D eigenvalue weighted by Gasteiger charge is 2.30. The fraction of sp³-hybridized carbons (Fsp3) is 0.429. The maximum absolute atomic E-state index is 12.6. The Morgan fingerprint density at radius 2 is 2.00 bits per heavy atom. The van der Waals surface area contributed by atoms with E-state index in [0.717, 1.165) is 40.7 Å². The van der Waals surface area contributed by atoms with Crippen molar-refractivity contribution in [3.8, 4) is 0 Å². The van der Waals surface area contributed by atoms with E-state index in [0.29, 0.717) is 19.8 Å². The van der Waals surface area contributed by atoms with Gasteiger partial charge in [0.15, 0.2) is 0 Å². The van der Waals surface area contributed by atoms with Gasteiger partial charge >= 0.3 is 0 Å². The number of thioether (sulfide) groups is 1. The SMILES string of the molecule is O=C(CN1CCCCC1)/N=C1\SC2=C(CCOC2)\C1=C\c1ccc(Cl)cc1. The fourth-order valence-corrected chi connectivity index (χ4v) is 4.93. The zero-order chi connectivity index (χ0) is 18.6. The van der Waals surface area contributed by atoms with Gasteiger partial charge in [-0.3, -0.25) is 9.69 Å². The van der Waals surface area contributed by atoms with Crippen molar-refractivity contribution in [2.75, 3.05) is 32.8 Å². The van der Waals surface area contributed by atoms with Crippen molar-refractivity contribution in [1.82, 2.24) is 4.90 Å². The number of nitrogens with zero attached hydrogens (tertiary/aromatic N) is 2. The van der Waals surface area contributed by atoms with Crippen LogP contribution in [0, 0.1) is 0 Å². The molecule has 3 aliphatic rings. The maximum Gasteiger partial charge on any atom is 0.260 e. The molecule has 4 rings (SSSR count). The van der Waals surface area contributed by atoms with Crippen molar-refractivity contribution >= 4 is 40.4 Å². The number of carbonyl (C=O) groups is 1. The van der Waals surface area contributed by atoms with E-state index in [4.69, 9.17) is 16.3 Å². The molecule has 0 aromatic heterocycles. The Bertz CT molecular complexity index is 808. The number of amides is 1. The Labute approximate surface area is 169 Å². The average molecular weight is 403 g/mol. The highest BCUT2D eigenvalue weighted by atomic mass is 35.5. The first kappa shape index (κ1) is 18.9. The van der Waals surface area contributed by atoms with Gasteiger partial charge in [0.1, 0.15) is 5.04 Å². The third-order valence-electron chi connectivity index (χ3n) is 5.06. The molecule has 0 radical (unpaired) electrons. The van der Waals surface area contributed by atoms with Gasteiger partial charge in [-0.15, -0.1) is 0 Å². The summed E-state index contributed by atoms with van der Waals surface area (Å²) in [7, 11) is 0. The van der Waals surface area contributed by atoms with Crippen LogP contribution >= 0.6 is 23.4 Å². The molecule has 142 valence electrons. The maximum atomic E-state index is 12.6. The minimum absolute atomic E-state index is 0.0535. The molecule has 1 aromatic carbocycles. The van der Waals surface area contributed by atoms with Gasteiger partial charge in [-0.25, -0.2) is 4.99 Å². The third-order valence-corrected chi connectivity index (χ3v) is 6.42. The topological polar surface area (TPSA) is 41.9 Å². The van der Waals surface area contributed by atoms with Gasteiger partial charge in [-0.1, -0.05) is 41.9 Å². The Balaban J connectivity index is 1.58. The monoisotopic (exact) mass is 402 g/mol. The molecule has 1 amide bonds. The number of halogens is 1. The molecule has 0 saturated carbocycles. The third kappa shape index (κ3) is 4.72. The van der Waals surface area contributed by atoms with Crippen LogP contribution in [0.3, 0.4) is 0 Å². The number of likely N-dealkylation sites (tertiary alicyclic amines) is 1. The molecular formula is C21H23ClN2O2S. The van der Waals surface area contributed by atoms with E-state index in [1.807, 2.05) is 24.3 Å². The van der Waals surface area contributed by atoms with E-state index >= 15 is 0 Å². The molecule has 0 N–H and O–H groups in total. The lowest BCUT2D eigenvalue weighted by Crippen LogP contribution is -2.34. The van der Waals surface area contributed by atoms with Crippen molar-refractivity contribution in [3.05, 3.63) is 50.9 Å². The largest absolute Gasteiger partial charge is 0.376 e. The summed E-state index contributed by atoms with van der Waals surface area (Å²) in [6, 6.07) is 7.75. The summed E-state index contributed by atoms with van der Waals surface area (Å²) in [6.45, 7) is 3.74. The summed E-state index contributed by atoms with van der Waals surface area (Å²) < 4.78 is 5.60. The van der Waals surface area contributed by atoms with Gasteiger partial charge in [-0.05, 0) is 61.7 Å². The molecule has 1 fully saturated rings. The molecule has 6 heteroatoms. The van der Waals surface area contributed by atoms with E-state index in [1.165, 1.54) is 29.7 Å². The summed E-state index contributed by atoms with van der Waals surface area (Å²) in [4.78, 5) is 20.5. The Morgan fingerprint density at radius 3 is 2.78 bits per heavy atom. The van der Waals surface area contributed by atoms with Crippen LogP contribution < -0.4 is 0 Å². The number of ether oxygens (including phenoxy) is 1. The van der Waals surface area contributed by atoms with Crippen LogP contribution in [0.5, 0.6) is 0 Å². The average Bonchev–Trinajstić information content (AvgIpc) is 3.01. The first-order valence-corrected chi connectivity index (χ1v) is 10.7. The van der Waals surface area contributed by atoms with Crippen molar-refractivity contribution in [1.29, 1.82) is 0 Å². The van der Waals surface area contributed by atoms with Crippen LogP contribution in [-0.2, 0) is 9.53 Å². The summed E-state index contributed by atoms with van der Waals surface area (Å²) in [5, 5.41) is 1.52. The van der Waals surface area contributed by atoms with E-state index in [2.05, 4.69) is 16.0 Å².